The molecule has 92 valence electrons. The molecular formula is C15H15ClN2. The number of fused-ring (bicyclic) bond motifs is 1. The number of rotatable bonds is 2. The average Bonchev–Trinajstić information content (AvgIpc) is 2.69. The highest BCUT2D eigenvalue weighted by Crippen LogP contribution is 2.37. The summed E-state index contributed by atoms with van der Waals surface area (Å²) in [7, 11) is 0. The predicted octanol–water partition coefficient (Wildman–Crippen LogP) is 3.71. The average molecular weight is 259 g/mol. The third kappa shape index (κ3) is 1.97. The zero-order valence-electron chi connectivity index (χ0n) is 10.2. The number of alkyl halides is 1. The molecule has 0 saturated carbocycles. The number of hydrogen-bond acceptors (Lipinski definition) is 2. The van der Waals surface area contributed by atoms with E-state index in [1.54, 1.807) is 6.20 Å². The van der Waals surface area contributed by atoms with Crippen molar-refractivity contribution in [2.45, 2.75) is 24.8 Å². The highest BCUT2D eigenvalue weighted by molar-refractivity contribution is 6.21. The van der Waals surface area contributed by atoms with Gasteiger partial charge in [-0.1, -0.05) is 24.3 Å². The zero-order chi connectivity index (χ0) is 12.5. The molecule has 2 unspecified atom stereocenters. The lowest BCUT2D eigenvalue weighted by Gasteiger charge is -2.20. The molecule has 2 nitrogen and oxygen atoms in total. The summed E-state index contributed by atoms with van der Waals surface area (Å²) in [6.45, 7) is 2.05. The summed E-state index contributed by atoms with van der Waals surface area (Å²) in [5.41, 5.74) is 4.92. The number of anilines is 1. The number of benzene rings is 1. The van der Waals surface area contributed by atoms with Crippen molar-refractivity contribution in [3.05, 3.63) is 59.4 Å². The van der Waals surface area contributed by atoms with Crippen molar-refractivity contribution in [1.82, 2.24) is 4.98 Å². The van der Waals surface area contributed by atoms with E-state index in [0.717, 1.165) is 17.7 Å². The second-order valence-corrected chi connectivity index (χ2v) is 5.29. The lowest BCUT2D eigenvalue weighted by atomic mass is 10.1. The number of aromatic nitrogens is 1. The molecule has 0 fully saturated rings. The molecular weight excluding hydrogens is 244 g/mol. The molecule has 18 heavy (non-hydrogen) atoms. The standard InChI is InChI=1S/C15H15ClN2/c1-10-9-17-7-6-14(10)18-15-12-5-3-2-4-11(12)8-13(15)16/h2-7,9,13,15H,8H2,1H3,(H,17,18). The van der Waals surface area contributed by atoms with E-state index in [1.165, 1.54) is 11.1 Å². The molecule has 1 aliphatic carbocycles. The van der Waals surface area contributed by atoms with Crippen LogP contribution in [0, 0.1) is 6.92 Å². The van der Waals surface area contributed by atoms with Gasteiger partial charge in [0.05, 0.1) is 11.4 Å². The number of hydrogen-bond donors (Lipinski definition) is 1. The Morgan fingerprint density at radius 2 is 2.11 bits per heavy atom. The highest BCUT2D eigenvalue weighted by Gasteiger charge is 2.30. The van der Waals surface area contributed by atoms with Gasteiger partial charge < -0.3 is 5.32 Å². The van der Waals surface area contributed by atoms with Gasteiger partial charge in [-0.3, -0.25) is 4.98 Å². The van der Waals surface area contributed by atoms with Crippen molar-refractivity contribution in [2.75, 3.05) is 5.32 Å². The van der Waals surface area contributed by atoms with E-state index in [2.05, 4.69) is 41.5 Å². The van der Waals surface area contributed by atoms with Gasteiger partial charge in [-0.05, 0) is 36.1 Å². The van der Waals surface area contributed by atoms with E-state index in [1.807, 2.05) is 12.3 Å². The third-order valence-electron chi connectivity index (χ3n) is 3.50. The van der Waals surface area contributed by atoms with Gasteiger partial charge in [0.25, 0.3) is 0 Å². The molecule has 0 spiro atoms. The molecule has 3 rings (SSSR count). The molecule has 1 N–H and O–H groups in total. The molecule has 2 atom stereocenters. The number of nitrogens with one attached hydrogen (secondary N) is 1. The lowest BCUT2D eigenvalue weighted by Crippen LogP contribution is -2.17. The Morgan fingerprint density at radius 3 is 2.94 bits per heavy atom. The van der Waals surface area contributed by atoms with Crippen molar-refractivity contribution in [1.29, 1.82) is 0 Å². The van der Waals surface area contributed by atoms with Gasteiger partial charge in [-0.15, -0.1) is 11.6 Å². The van der Waals surface area contributed by atoms with Crippen LogP contribution in [-0.4, -0.2) is 10.4 Å². The van der Waals surface area contributed by atoms with Crippen LogP contribution >= 0.6 is 11.6 Å². The Hall–Kier alpha value is -1.54. The number of pyridine rings is 1. The Balaban J connectivity index is 1.92. The van der Waals surface area contributed by atoms with E-state index in [9.17, 15) is 0 Å². The van der Waals surface area contributed by atoms with Crippen LogP contribution in [-0.2, 0) is 6.42 Å². The summed E-state index contributed by atoms with van der Waals surface area (Å²) in [4.78, 5) is 4.11. The second kappa shape index (κ2) is 4.62. The first kappa shape index (κ1) is 11.5. The van der Waals surface area contributed by atoms with E-state index in [0.29, 0.717) is 0 Å². The molecule has 0 bridgehead atoms. The maximum absolute atomic E-state index is 6.47. The first-order valence-electron chi connectivity index (χ1n) is 6.15. The number of aryl methyl sites for hydroxylation is 1. The van der Waals surface area contributed by atoms with E-state index < -0.39 is 0 Å². The molecule has 1 heterocycles. The van der Waals surface area contributed by atoms with Crippen LogP contribution in [0.1, 0.15) is 22.7 Å². The van der Waals surface area contributed by atoms with Crippen LogP contribution in [0.2, 0.25) is 0 Å². The predicted molar refractivity (Wildman–Crippen MR) is 75.1 cm³/mol. The van der Waals surface area contributed by atoms with Gasteiger partial charge in [0.2, 0.25) is 0 Å². The highest BCUT2D eigenvalue weighted by atomic mass is 35.5. The first-order valence-corrected chi connectivity index (χ1v) is 6.58. The Labute approximate surface area is 112 Å². The van der Waals surface area contributed by atoms with Crippen LogP contribution in [0.3, 0.4) is 0 Å². The fourth-order valence-corrected chi connectivity index (χ4v) is 2.88. The van der Waals surface area contributed by atoms with Gasteiger partial charge in [-0.2, -0.15) is 0 Å². The Kier molecular flexibility index (Phi) is 2.96. The third-order valence-corrected chi connectivity index (χ3v) is 3.90. The van der Waals surface area contributed by atoms with Crippen LogP contribution in [0.25, 0.3) is 0 Å². The Morgan fingerprint density at radius 1 is 1.28 bits per heavy atom. The summed E-state index contributed by atoms with van der Waals surface area (Å²) in [6.07, 6.45) is 4.60. The topological polar surface area (TPSA) is 24.9 Å². The molecule has 0 saturated heterocycles. The van der Waals surface area contributed by atoms with Gasteiger partial charge in [-0.25, -0.2) is 0 Å². The van der Waals surface area contributed by atoms with Crippen molar-refractivity contribution in [2.24, 2.45) is 0 Å². The minimum absolute atomic E-state index is 0.106. The first-order chi connectivity index (χ1) is 8.75. The van der Waals surface area contributed by atoms with Gasteiger partial charge in [0.15, 0.2) is 0 Å². The number of nitrogens with zero attached hydrogens (tertiary/aromatic N) is 1. The van der Waals surface area contributed by atoms with Crippen molar-refractivity contribution in [3.63, 3.8) is 0 Å². The van der Waals surface area contributed by atoms with Crippen molar-refractivity contribution in [3.8, 4) is 0 Å². The van der Waals surface area contributed by atoms with Crippen molar-refractivity contribution < 1.29 is 0 Å². The van der Waals surface area contributed by atoms with Gasteiger partial charge in [0.1, 0.15) is 0 Å². The largest absolute Gasteiger partial charge is 0.376 e. The maximum atomic E-state index is 6.47. The fourth-order valence-electron chi connectivity index (χ4n) is 2.52. The summed E-state index contributed by atoms with van der Waals surface area (Å²) < 4.78 is 0. The summed E-state index contributed by atoms with van der Waals surface area (Å²) >= 11 is 6.47. The molecule has 0 amide bonds. The molecule has 0 aliphatic heterocycles. The SMILES string of the molecule is Cc1cnccc1NC1c2ccccc2CC1Cl. The molecule has 1 aliphatic rings. The zero-order valence-corrected chi connectivity index (χ0v) is 11.0. The summed E-state index contributed by atoms with van der Waals surface area (Å²) in [6, 6.07) is 10.6. The Bertz CT molecular complexity index is 568. The van der Waals surface area contributed by atoms with Crippen LogP contribution in [0.5, 0.6) is 0 Å². The van der Waals surface area contributed by atoms with Crippen molar-refractivity contribution >= 4 is 17.3 Å². The minimum atomic E-state index is 0.106. The van der Waals surface area contributed by atoms with E-state index in [-0.39, 0.29) is 11.4 Å². The molecule has 2 aromatic rings. The molecule has 0 radical (unpaired) electrons. The van der Waals surface area contributed by atoms with E-state index in [4.69, 9.17) is 11.6 Å². The minimum Gasteiger partial charge on any atom is -0.376 e. The fraction of sp³-hybridized carbons (Fsp3) is 0.267. The molecule has 3 heteroatoms. The maximum Gasteiger partial charge on any atom is 0.0683 e. The van der Waals surface area contributed by atoms with E-state index >= 15 is 0 Å². The number of halogens is 1. The monoisotopic (exact) mass is 258 g/mol. The quantitative estimate of drug-likeness (QED) is 0.831. The summed E-state index contributed by atoms with van der Waals surface area (Å²) in [5, 5.41) is 3.65. The molecule has 1 aromatic carbocycles. The normalized spacial score (nSPS) is 21.7. The van der Waals surface area contributed by atoms with Crippen LogP contribution in [0.4, 0.5) is 5.69 Å². The van der Waals surface area contributed by atoms with Crippen LogP contribution < -0.4 is 5.32 Å². The van der Waals surface area contributed by atoms with Crippen LogP contribution in [0.15, 0.2) is 42.7 Å². The molecule has 1 aromatic heterocycles. The van der Waals surface area contributed by atoms with Gasteiger partial charge >= 0.3 is 0 Å². The smallest absolute Gasteiger partial charge is 0.0683 e. The second-order valence-electron chi connectivity index (χ2n) is 4.73. The van der Waals surface area contributed by atoms with Gasteiger partial charge in [0, 0.05) is 18.1 Å². The lowest BCUT2D eigenvalue weighted by molar-refractivity contribution is 0.770. The summed E-state index contributed by atoms with van der Waals surface area (Å²) in [5.74, 6) is 0.